The largest absolute Gasteiger partial charge is 0.381 e. The summed E-state index contributed by atoms with van der Waals surface area (Å²) in [6.45, 7) is 9.05. The van der Waals surface area contributed by atoms with E-state index in [9.17, 15) is 53.1 Å². The lowest BCUT2D eigenvalue weighted by molar-refractivity contribution is -0.144. The van der Waals surface area contributed by atoms with Crippen molar-refractivity contribution in [3.63, 3.8) is 0 Å². The van der Waals surface area contributed by atoms with Gasteiger partial charge in [-0.2, -0.15) is 0 Å². The molecule has 6 unspecified atom stereocenters. The van der Waals surface area contributed by atoms with Crippen LogP contribution < -0.4 is 31.9 Å². The summed E-state index contributed by atoms with van der Waals surface area (Å²) in [6, 6.07) is -6.69. The molecule has 3 aliphatic rings. The van der Waals surface area contributed by atoms with E-state index in [1.165, 1.54) is 25.7 Å². The monoisotopic (exact) mass is 909 g/mol. The molecule has 0 bridgehead atoms. The molecule has 18 nitrogen and oxygen atoms in total. The maximum atomic E-state index is 15.0. The van der Waals surface area contributed by atoms with Gasteiger partial charge in [0.05, 0.1) is 16.7 Å². The Bertz CT molecular complexity index is 1640. The number of hydrogen-bond acceptors (Lipinski definition) is 13. The minimum absolute atomic E-state index is 0.00863. The van der Waals surface area contributed by atoms with E-state index < -0.39 is 93.7 Å². The van der Waals surface area contributed by atoms with E-state index in [1.54, 1.807) is 37.4 Å². The van der Waals surface area contributed by atoms with Crippen LogP contribution in [-0.2, 0) is 47.9 Å². The minimum atomic E-state index is -1.65. The number of amides is 7. The van der Waals surface area contributed by atoms with Gasteiger partial charge < -0.3 is 56.3 Å². The van der Waals surface area contributed by atoms with Crippen molar-refractivity contribution in [3.8, 4) is 0 Å². The Morgan fingerprint density at radius 1 is 0.758 bits per heavy atom. The predicted molar refractivity (Wildman–Crippen MR) is 234 cm³/mol. The first-order valence-corrected chi connectivity index (χ1v) is 23.7. The highest BCUT2D eigenvalue weighted by Gasteiger charge is 2.53. The van der Waals surface area contributed by atoms with Crippen molar-refractivity contribution >= 4 is 82.7 Å². The molecule has 2 heterocycles. The fourth-order valence-electron chi connectivity index (χ4n) is 8.15. The van der Waals surface area contributed by atoms with Gasteiger partial charge in [-0.3, -0.25) is 33.6 Å². The van der Waals surface area contributed by atoms with E-state index in [4.69, 9.17) is 0 Å². The first-order chi connectivity index (χ1) is 29.3. The third kappa shape index (κ3) is 15.6. The number of carbonyl (C=O) groups excluding carboxylic acids is 10. The Labute approximate surface area is 372 Å². The number of rotatable bonds is 24. The molecule has 3 rings (SSSR count). The van der Waals surface area contributed by atoms with Gasteiger partial charge in [0.15, 0.2) is 6.10 Å². The van der Waals surface area contributed by atoms with E-state index in [0.717, 1.165) is 30.8 Å². The summed E-state index contributed by atoms with van der Waals surface area (Å²) in [5.74, 6) is -4.13. The molecule has 1 aliphatic carbocycles. The van der Waals surface area contributed by atoms with Gasteiger partial charge in [0, 0.05) is 44.2 Å². The van der Waals surface area contributed by atoms with Crippen LogP contribution in [0.3, 0.4) is 0 Å². The molecule has 7 amide bonds. The molecule has 1 saturated carbocycles. The summed E-state index contributed by atoms with van der Waals surface area (Å²) in [5.41, 5.74) is 0. The van der Waals surface area contributed by atoms with Crippen molar-refractivity contribution in [1.82, 2.24) is 36.8 Å². The molecule has 20 heteroatoms. The summed E-state index contributed by atoms with van der Waals surface area (Å²) < 4.78 is -0.488. The molecule has 0 aromatic carbocycles. The zero-order valence-corrected chi connectivity index (χ0v) is 38.5. The van der Waals surface area contributed by atoms with Gasteiger partial charge >= 0.3 is 0 Å². The van der Waals surface area contributed by atoms with Gasteiger partial charge in [-0.15, -0.1) is 23.5 Å². The van der Waals surface area contributed by atoms with E-state index in [-0.39, 0.29) is 62.7 Å². The van der Waals surface area contributed by atoms with E-state index >= 15 is 0 Å². The Hall–Kier alpha value is -4.04. The van der Waals surface area contributed by atoms with Crippen LogP contribution in [0.5, 0.6) is 0 Å². The number of aliphatic hydroxyl groups is 1. The number of thioether (sulfide) groups is 2. The Morgan fingerprint density at radius 3 is 1.87 bits per heavy atom. The van der Waals surface area contributed by atoms with Crippen LogP contribution in [0, 0.1) is 11.8 Å². The normalized spacial score (nSPS) is 20.2. The number of hydrogen-bond donors (Lipinski definition) is 7. The third-order valence-corrected chi connectivity index (χ3v) is 14.9. The predicted octanol–water partition coefficient (Wildman–Crippen LogP) is 0.658. The van der Waals surface area contributed by atoms with Crippen LogP contribution in [0.2, 0.25) is 0 Å². The lowest BCUT2D eigenvalue weighted by atomic mass is 9.83. The fraction of sp³-hybridized carbons (Fsp3) is 0.762. The number of ketones is 2. The summed E-state index contributed by atoms with van der Waals surface area (Å²) in [7, 11) is 0. The summed E-state index contributed by atoms with van der Waals surface area (Å²) in [6.07, 6.45) is 3.52. The quantitative estimate of drug-likeness (QED) is 0.0658. The SMILES string of the molecule is CCCC(NC(=O)[C@@H]1CC2(CN1C(=O)C(NC(=O)C(NC(=O)C(CCC(C)=O)NC(=O)C(CCC(C)=O)NC(C)=O)C(C)C)C1CCCCC1)SCCS2)C(O)C(=O)NCC=O. The summed E-state index contributed by atoms with van der Waals surface area (Å²) in [5, 5.41) is 26.8. The van der Waals surface area contributed by atoms with Gasteiger partial charge in [0.25, 0.3) is 5.91 Å². The average molecular weight is 910 g/mol. The van der Waals surface area contributed by atoms with Gasteiger partial charge in [-0.25, -0.2) is 0 Å². The molecular weight excluding hydrogens is 843 g/mol. The molecule has 2 aliphatic heterocycles. The molecule has 3 fully saturated rings. The molecule has 7 atom stereocenters. The van der Waals surface area contributed by atoms with Crippen LogP contribution in [0.1, 0.15) is 119 Å². The number of nitrogens with zero attached hydrogens (tertiary/aromatic N) is 1. The molecule has 7 N–H and O–H groups in total. The first-order valence-electron chi connectivity index (χ1n) is 21.8. The van der Waals surface area contributed by atoms with Crippen LogP contribution in [0.4, 0.5) is 0 Å². The Balaban J connectivity index is 1.91. The van der Waals surface area contributed by atoms with Crippen molar-refractivity contribution in [2.24, 2.45) is 11.8 Å². The molecule has 0 aromatic heterocycles. The number of Topliss-reactive ketones (excluding diaryl/α,β-unsaturated/α-hetero) is 2. The molecule has 2 saturated heterocycles. The van der Waals surface area contributed by atoms with E-state index in [0.29, 0.717) is 32.0 Å². The molecule has 62 heavy (non-hydrogen) atoms. The maximum Gasteiger partial charge on any atom is 0.251 e. The van der Waals surface area contributed by atoms with E-state index in [1.807, 2.05) is 6.92 Å². The average Bonchev–Trinajstić information content (AvgIpc) is 3.86. The van der Waals surface area contributed by atoms with Gasteiger partial charge in [-0.1, -0.05) is 46.5 Å². The lowest BCUT2D eigenvalue weighted by Crippen LogP contribution is -2.62. The minimum Gasteiger partial charge on any atom is -0.381 e. The first kappa shape index (κ1) is 52.3. The van der Waals surface area contributed by atoms with Crippen molar-refractivity contribution < 1.29 is 53.1 Å². The van der Waals surface area contributed by atoms with Crippen molar-refractivity contribution in [1.29, 1.82) is 0 Å². The smallest absolute Gasteiger partial charge is 0.251 e. The number of likely N-dealkylation sites (tertiary alicyclic amines) is 1. The second kappa shape index (κ2) is 25.3. The molecular formula is C42H67N7O11S2. The summed E-state index contributed by atoms with van der Waals surface area (Å²) >= 11 is 3.33. The number of aldehydes is 1. The van der Waals surface area contributed by atoms with E-state index in [2.05, 4.69) is 31.9 Å². The lowest BCUT2D eigenvalue weighted by Gasteiger charge is -2.36. The number of aliphatic hydroxyl groups excluding tert-OH is 1. The molecule has 0 aromatic rings. The molecule has 1 spiro atoms. The Kier molecular flexibility index (Phi) is 21.3. The van der Waals surface area contributed by atoms with Crippen molar-refractivity contribution in [2.75, 3.05) is 24.6 Å². The highest BCUT2D eigenvalue weighted by atomic mass is 32.2. The number of nitrogens with one attached hydrogen (secondary N) is 6. The van der Waals surface area contributed by atoms with Gasteiger partial charge in [0.1, 0.15) is 48.1 Å². The molecule has 0 radical (unpaired) electrons. The van der Waals surface area contributed by atoms with Crippen LogP contribution in [0.15, 0.2) is 0 Å². The van der Waals surface area contributed by atoms with Crippen LogP contribution >= 0.6 is 23.5 Å². The second-order valence-corrected chi connectivity index (χ2v) is 20.2. The summed E-state index contributed by atoms with van der Waals surface area (Å²) in [4.78, 5) is 132. The molecule has 348 valence electrons. The topological polar surface area (TPSA) is 266 Å². The fourth-order valence-corrected chi connectivity index (χ4v) is 11.4. The number of carbonyl (C=O) groups is 10. The maximum absolute atomic E-state index is 15.0. The van der Waals surface area contributed by atoms with Gasteiger partial charge in [-0.05, 0) is 57.8 Å². The second-order valence-electron chi connectivity index (χ2n) is 17.0. The van der Waals surface area contributed by atoms with Crippen molar-refractivity contribution in [2.45, 2.75) is 165 Å². The van der Waals surface area contributed by atoms with Crippen LogP contribution in [-0.4, -0.2) is 140 Å². The van der Waals surface area contributed by atoms with Crippen molar-refractivity contribution in [3.05, 3.63) is 0 Å². The zero-order chi connectivity index (χ0) is 46.1. The highest BCUT2D eigenvalue weighted by Crippen LogP contribution is 2.52. The highest BCUT2D eigenvalue weighted by molar-refractivity contribution is 8.21. The van der Waals surface area contributed by atoms with Gasteiger partial charge in [0.2, 0.25) is 35.4 Å². The third-order valence-electron chi connectivity index (χ3n) is 11.5. The Morgan fingerprint density at radius 2 is 1.34 bits per heavy atom. The standard InChI is InChI=1S/C42H67N7O11S2/c1-7-11-29(35(54)40(59)43-18-19-50)45-38(57)32-22-42(61-20-21-62-42)23-49(32)41(60)34(28-12-9-8-10-13-28)48-39(58)33(24(2)3)47-37(56)31(17-15-26(5)52)46-36(55)30(44-27(6)53)16-14-25(4)51/h19,24,28-35,54H,7-18,20-23H2,1-6H3,(H,43,59)(H,44,53)(H,45,57)(H,46,55)(H,47,56)(H,48,58)/t29?,30?,31?,32-,33?,34?,35?/m0/s1. The van der Waals surface area contributed by atoms with Crippen LogP contribution in [0.25, 0.3) is 0 Å². The zero-order valence-electron chi connectivity index (χ0n) is 36.9.